The van der Waals surface area contributed by atoms with E-state index < -0.39 is 17.6 Å². The van der Waals surface area contributed by atoms with Gasteiger partial charge in [0.05, 0.1) is 21.3 Å². The lowest BCUT2D eigenvalue weighted by atomic mass is 10.1. The predicted molar refractivity (Wildman–Crippen MR) is 87.4 cm³/mol. The molecule has 0 radical (unpaired) electrons. The fourth-order valence-corrected chi connectivity index (χ4v) is 2.10. The number of carbonyl (C=O) groups is 2. The Morgan fingerprint density at radius 2 is 1.40 bits per heavy atom. The molecule has 0 aromatic heterocycles. The van der Waals surface area contributed by atoms with Crippen molar-refractivity contribution in [2.75, 3.05) is 21.3 Å². The van der Waals surface area contributed by atoms with Crippen molar-refractivity contribution in [1.29, 1.82) is 0 Å². The van der Waals surface area contributed by atoms with Crippen molar-refractivity contribution in [3.05, 3.63) is 53.3 Å². The van der Waals surface area contributed by atoms with Gasteiger partial charge in [-0.05, 0) is 30.3 Å². The first-order valence-corrected chi connectivity index (χ1v) is 7.16. The van der Waals surface area contributed by atoms with Crippen molar-refractivity contribution in [3.63, 3.8) is 0 Å². The van der Waals surface area contributed by atoms with Crippen LogP contribution in [0.4, 0.5) is 4.39 Å². The van der Waals surface area contributed by atoms with Crippen LogP contribution in [-0.2, 0) is 0 Å². The number of ether oxygens (including phenoxy) is 3. The number of halogens is 1. The molecule has 0 unspecified atom stereocenters. The molecule has 0 atom stereocenters. The molecule has 2 N–H and O–H groups in total. The second-order valence-electron chi connectivity index (χ2n) is 4.83. The van der Waals surface area contributed by atoms with E-state index in [9.17, 15) is 14.0 Å². The fraction of sp³-hybridized carbons (Fsp3) is 0.176. The van der Waals surface area contributed by atoms with Crippen molar-refractivity contribution in [2.24, 2.45) is 0 Å². The quantitative estimate of drug-likeness (QED) is 0.807. The van der Waals surface area contributed by atoms with Crippen molar-refractivity contribution >= 4 is 11.8 Å². The van der Waals surface area contributed by atoms with Crippen molar-refractivity contribution in [3.8, 4) is 17.2 Å². The van der Waals surface area contributed by atoms with E-state index >= 15 is 0 Å². The van der Waals surface area contributed by atoms with Crippen LogP contribution in [0.1, 0.15) is 20.7 Å². The molecule has 25 heavy (non-hydrogen) atoms. The van der Waals surface area contributed by atoms with Gasteiger partial charge in [-0.1, -0.05) is 6.07 Å². The Balaban J connectivity index is 2.14. The number of hydrogen-bond donors (Lipinski definition) is 2. The number of amides is 2. The minimum Gasteiger partial charge on any atom is -0.493 e. The first-order chi connectivity index (χ1) is 12.0. The molecule has 0 bridgehead atoms. The molecule has 2 rings (SSSR count). The highest BCUT2D eigenvalue weighted by molar-refractivity contribution is 5.99. The highest BCUT2D eigenvalue weighted by atomic mass is 19.1. The molecule has 8 heteroatoms. The van der Waals surface area contributed by atoms with E-state index in [4.69, 9.17) is 14.2 Å². The molecule has 0 aliphatic carbocycles. The largest absolute Gasteiger partial charge is 0.493 e. The summed E-state index contributed by atoms with van der Waals surface area (Å²) >= 11 is 0. The Hall–Kier alpha value is -3.29. The molecular formula is C17H17FN2O5. The van der Waals surface area contributed by atoms with Gasteiger partial charge in [-0.15, -0.1) is 0 Å². The minimum atomic E-state index is -0.653. The first-order valence-electron chi connectivity index (χ1n) is 7.16. The van der Waals surface area contributed by atoms with Crippen LogP contribution < -0.4 is 25.1 Å². The lowest BCUT2D eigenvalue weighted by Gasteiger charge is -2.14. The average molecular weight is 348 g/mol. The monoisotopic (exact) mass is 348 g/mol. The molecule has 132 valence electrons. The van der Waals surface area contributed by atoms with Gasteiger partial charge in [0.1, 0.15) is 5.82 Å². The standard InChI is InChI=1S/C17H17FN2O5/c1-23-13-8-11(9-14(24-2)15(13)25-3)17(22)20-19-16(21)10-5-4-6-12(18)7-10/h4-9H,1-3H3,(H,19,21)(H,20,22). The van der Waals surface area contributed by atoms with E-state index in [0.717, 1.165) is 6.07 Å². The molecule has 0 aliphatic rings. The van der Waals surface area contributed by atoms with Crippen LogP contribution in [0, 0.1) is 5.82 Å². The van der Waals surface area contributed by atoms with Crippen LogP contribution >= 0.6 is 0 Å². The second-order valence-corrected chi connectivity index (χ2v) is 4.83. The molecule has 0 saturated carbocycles. The number of methoxy groups -OCH3 is 3. The van der Waals surface area contributed by atoms with Gasteiger partial charge in [0, 0.05) is 11.1 Å². The van der Waals surface area contributed by atoms with E-state index in [0.29, 0.717) is 17.2 Å². The van der Waals surface area contributed by atoms with E-state index in [-0.39, 0.29) is 11.1 Å². The summed E-state index contributed by atoms with van der Waals surface area (Å²) in [6.07, 6.45) is 0. The summed E-state index contributed by atoms with van der Waals surface area (Å²) < 4.78 is 28.6. The Morgan fingerprint density at radius 1 is 0.840 bits per heavy atom. The molecule has 0 fully saturated rings. The number of hydrogen-bond acceptors (Lipinski definition) is 5. The number of carbonyl (C=O) groups excluding carboxylic acids is 2. The topological polar surface area (TPSA) is 85.9 Å². The normalized spacial score (nSPS) is 9.92. The van der Waals surface area contributed by atoms with E-state index in [1.165, 1.54) is 51.7 Å². The molecule has 2 aromatic carbocycles. The molecule has 0 spiro atoms. The maximum absolute atomic E-state index is 13.1. The van der Waals surface area contributed by atoms with Gasteiger partial charge < -0.3 is 14.2 Å². The molecule has 0 aliphatic heterocycles. The summed E-state index contributed by atoms with van der Waals surface area (Å²) in [4.78, 5) is 24.1. The molecular weight excluding hydrogens is 331 g/mol. The third-order valence-electron chi connectivity index (χ3n) is 3.30. The van der Waals surface area contributed by atoms with Gasteiger partial charge in [-0.2, -0.15) is 0 Å². The van der Waals surface area contributed by atoms with Gasteiger partial charge in [0.25, 0.3) is 11.8 Å². The van der Waals surface area contributed by atoms with E-state index in [2.05, 4.69) is 10.9 Å². The Morgan fingerprint density at radius 3 is 1.88 bits per heavy atom. The van der Waals surface area contributed by atoms with Crippen LogP contribution in [0.2, 0.25) is 0 Å². The van der Waals surface area contributed by atoms with Gasteiger partial charge in [-0.3, -0.25) is 20.4 Å². The van der Waals surface area contributed by atoms with Gasteiger partial charge in [0.15, 0.2) is 11.5 Å². The predicted octanol–water partition coefficient (Wildman–Crippen LogP) is 1.93. The number of hydrazine groups is 1. The maximum atomic E-state index is 13.1. The summed E-state index contributed by atoms with van der Waals surface area (Å²) in [5.74, 6) is -0.884. The molecule has 2 aromatic rings. The number of rotatable bonds is 5. The Labute approximate surface area is 143 Å². The van der Waals surface area contributed by atoms with Crippen molar-refractivity contribution < 1.29 is 28.2 Å². The van der Waals surface area contributed by atoms with Crippen LogP contribution in [-0.4, -0.2) is 33.1 Å². The van der Waals surface area contributed by atoms with Gasteiger partial charge in [-0.25, -0.2) is 4.39 Å². The van der Waals surface area contributed by atoms with E-state index in [1.807, 2.05) is 0 Å². The van der Waals surface area contributed by atoms with Crippen molar-refractivity contribution in [1.82, 2.24) is 10.9 Å². The first kappa shape index (κ1) is 18.1. The van der Waals surface area contributed by atoms with Crippen LogP contribution in [0.25, 0.3) is 0 Å². The van der Waals surface area contributed by atoms with Crippen LogP contribution in [0.5, 0.6) is 17.2 Å². The Kier molecular flexibility index (Phi) is 5.78. The third-order valence-corrected chi connectivity index (χ3v) is 3.30. The Bertz CT molecular complexity index is 769. The lowest BCUT2D eigenvalue weighted by molar-refractivity contribution is 0.0846. The highest BCUT2D eigenvalue weighted by Crippen LogP contribution is 2.38. The zero-order valence-electron chi connectivity index (χ0n) is 13.9. The zero-order chi connectivity index (χ0) is 18.4. The smallest absolute Gasteiger partial charge is 0.269 e. The number of benzene rings is 2. The maximum Gasteiger partial charge on any atom is 0.269 e. The second kappa shape index (κ2) is 8.00. The molecule has 2 amide bonds. The fourth-order valence-electron chi connectivity index (χ4n) is 2.10. The van der Waals surface area contributed by atoms with Crippen LogP contribution in [0.15, 0.2) is 36.4 Å². The zero-order valence-corrected chi connectivity index (χ0v) is 13.9. The van der Waals surface area contributed by atoms with E-state index in [1.54, 1.807) is 0 Å². The van der Waals surface area contributed by atoms with Gasteiger partial charge in [0.2, 0.25) is 5.75 Å². The SMILES string of the molecule is COc1cc(C(=O)NNC(=O)c2cccc(F)c2)cc(OC)c1OC. The highest BCUT2D eigenvalue weighted by Gasteiger charge is 2.17. The average Bonchev–Trinajstić information content (AvgIpc) is 2.64. The molecule has 0 saturated heterocycles. The molecule has 7 nitrogen and oxygen atoms in total. The summed E-state index contributed by atoms with van der Waals surface area (Å²) in [7, 11) is 4.29. The van der Waals surface area contributed by atoms with Crippen LogP contribution in [0.3, 0.4) is 0 Å². The number of nitrogens with one attached hydrogen (secondary N) is 2. The van der Waals surface area contributed by atoms with Gasteiger partial charge >= 0.3 is 0 Å². The molecule has 0 heterocycles. The lowest BCUT2D eigenvalue weighted by Crippen LogP contribution is -2.41. The summed E-state index contributed by atoms with van der Waals surface area (Å²) in [6.45, 7) is 0. The summed E-state index contributed by atoms with van der Waals surface area (Å²) in [6, 6.07) is 7.96. The minimum absolute atomic E-state index is 0.0743. The summed E-state index contributed by atoms with van der Waals surface area (Å²) in [5.41, 5.74) is 4.70. The van der Waals surface area contributed by atoms with Crippen molar-refractivity contribution in [2.45, 2.75) is 0 Å². The third kappa shape index (κ3) is 4.17. The summed E-state index contributed by atoms with van der Waals surface area (Å²) in [5, 5.41) is 0.